The molecule has 20 heavy (non-hydrogen) atoms. The van der Waals surface area contributed by atoms with E-state index in [1.165, 1.54) is 0 Å². The molecule has 0 heterocycles. The highest BCUT2D eigenvalue weighted by atomic mass is 16.3. The van der Waals surface area contributed by atoms with Crippen LogP contribution in [0.2, 0.25) is 0 Å². The lowest BCUT2D eigenvalue weighted by molar-refractivity contribution is 0.0314. The molecule has 0 saturated heterocycles. The highest BCUT2D eigenvalue weighted by Crippen LogP contribution is 2.17. The summed E-state index contributed by atoms with van der Waals surface area (Å²) in [4.78, 5) is 12.2. The first-order valence-electron chi connectivity index (χ1n) is 7.39. The van der Waals surface area contributed by atoms with Gasteiger partial charge in [-0.15, -0.1) is 0 Å². The number of hydrogen-bond acceptors (Lipinski definition) is 3. The molecular formula is C16H26N2O2. The van der Waals surface area contributed by atoms with Gasteiger partial charge < -0.3 is 15.7 Å². The van der Waals surface area contributed by atoms with Gasteiger partial charge in [0, 0.05) is 18.8 Å². The molecular weight excluding hydrogens is 252 g/mol. The Hall–Kier alpha value is -1.55. The molecule has 1 amide bonds. The maximum absolute atomic E-state index is 12.2. The molecule has 4 heteroatoms. The highest BCUT2D eigenvalue weighted by Gasteiger charge is 2.23. The van der Waals surface area contributed by atoms with Crippen molar-refractivity contribution in [3.63, 3.8) is 0 Å². The van der Waals surface area contributed by atoms with Gasteiger partial charge in [-0.2, -0.15) is 0 Å². The molecule has 1 rings (SSSR count). The quantitative estimate of drug-likeness (QED) is 0.685. The van der Waals surface area contributed by atoms with Gasteiger partial charge >= 0.3 is 0 Å². The number of aliphatic hydroxyl groups is 1. The summed E-state index contributed by atoms with van der Waals surface area (Å²) in [5, 5.41) is 16.3. The molecule has 0 unspecified atom stereocenters. The second-order valence-electron chi connectivity index (χ2n) is 5.09. The van der Waals surface area contributed by atoms with Crippen molar-refractivity contribution in [3.8, 4) is 0 Å². The van der Waals surface area contributed by atoms with E-state index in [9.17, 15) is 9.90 Å². The van der Waals surface area contributed by atoms with Gasteiger partial charge in [-0.05, 0) is 31.4 Å². The minimum absolute atomic E-state index is 0.149. The van der Waals surface area contributed by atoms with E-state index in [0.29, 0.717) is 18.4 Å². The van der Waals surface area contributed by atoms with Crippen molar-refractivity contribution in [2.75, 3.05) is 18.4 Å². The Bertz CT molecular complexity index is 428. The van der Waals surface area contributed by atoms with E-state index in [4.69, 9.17) is 0 Å². The van der Waals surface area contributed by atoms with Crippen LogP contribution >= 0.6 is 0 Å². The van der Waals surface area contributed by atoms with Crippen LogP contribution in [0, 0.1) is 0 Å². The Balaban J connectivity index is 2.72. The fourth-order valence-corrected chi connectivity index (χ4v) is 1.93. The summed E-state index contributed by atoms with van der Waals surface area (Å²) in [5.41, 5.74) is 0.639. The lowest BCUT2D eigenvalue weighted by Gasteiger charge is -2.25. The number of rotatable bonds is 8. The molecule has 0 saturated carbocycles. The summed E-state index contributed by atoms with van der Waals surface area (Å²) >= 11 is 0. The van der Waals surface area contributed by atoms with Crippen molar-refractivity contribution < 1.29 is 9.90 Å². The average molecular weight is 278 g/mol. The van der Waals surface area contributed by atoms with Crippen LogP contribution in [0.4, 0.5) is 5.69 Å². The van der Waals surface area contributed by atoms with Crippen molar-refractivity contribution in [2.24, 2.45) is 0 Å². The summed E-state index contributed by atoms with van der Waals surface area (Å²) in [6, 6.07) is 7.45. The van der Waals surface area contributed by atoms with E-state index >= 15 is 0 Å². The number of carbonyl (C=O) groups is 1. The number of benzene rings is 1. The van der Waals surface area contributed by atoms with Gasteiger partial charge in [0.2, 0.25) is 0 Å². The minimum Gasteiger partial charge on any atom is -0.388 e. The molecule has 0 radical (unpaired) electrons. The Morgan fingerprint density at radius 2 is 1.85 bits per heavy atom. The first kappa shape index (κ1) is 16.5. The molecule has 0 aliphatic rings. The molecule has 1 aromatic carbocycles. The van der Waals surface area contributed by atoms with E-state index in [1.54, 1.807) is 6.07 Å². The first-order chi connectivity index (χ1) is 9.56. The summed E-state index contributed by atoms with van der Waals surface area (Å²) < 4.78 is 0. The van der Waals surface area contributed by atoms with Gasteiger partial charge in [0.15, 0.2) is 0 Å². The maximum Gasteiger partial charge on any atom is 0.253 e. The monoisotopic (exact) mass is 278 g/mol. The largest absolute Gasteiger partial charge is 0.388 e. The molecule has 4 nitrogen and oxygen atoms in total. The summed E-state index contributed by atoms with van der Waals surface area (Å²) in [7, 11) is 0. The van der Waals surface area contributed by atoms with Crippen molar-refractivity contribution in [1.29, 1.82) is 0 Å². The van der Waals surface area contributed by atoms with Crippen LogP contribution in [-0.4, -0.2) is 29.7 Å². The van der Waals surface area contributed by atoms with Crippen LogP contribution in [0.1, 0.15) is 50.4 Å². The molecule has 0 fully saturated rings. The Kier molecular flexibility index (Phi) is 6.52. The first-order valence-corrected chi connectivity index (χ1v) is 7.39. The summed E-state index contributed by atoms with van der Waals surface area (Å²) in [6.07, 6.45) is 2.25. The Labute approximate surface area is 121 Å². The number of amides is 1. The second-order valence-corrected chi connectivity index (χ2v) is 5.09. The average Bonchev–Trinajstić information content (AvgIpc) is 2.50. The third kappa shape index (κ3) is 4.53. The topological polar surface area (TPSA) is 61.4 Å². The van der Waals surface area contributed by atoms with Crippen LogP contribution in [-0.2, 0) is 0 Å². The standard InChI is InChI=1S/C16H26N2O2/c1-4-11-17-14-10-8-7-9-13(14)15(19)18-12-16(20,5-2)6-3/h7-10,17,20H,4-6,11-12H2,1-3H3,(H,18,19). The van der Waals surface area contributed by atoms with Gasteiger partial charge in [0.25, 0.3) is 5.91 Å². The molecule has 112 valence electrons. The molecule has 0 aromatic heterocycles. The van der Waals surface area contributed by atoms with Gasteiger partial charge in [-0.25, -0.2) is 0 Å². The van der Waals surface area contributed by atoms with E-state index in [0.717, 1.165) is 18.7 Å². The van der Waals surface area contributed by atoms with Gasteiger partial charge in [0.05, 0.1) is 11.2 Å². The molecule has 0 bridgehead atoms. The smallest absolute Gasteiger partial charge is 0.253 e. The normalized spacial score (nSPS) is 11.2. The lowest BCUT2D eigenvalue weighted by Crippen LogP contribution is -2.42. The number of carbonyl (C=O) groups excluding carboxylic acids is 1. The Morgan fingerprint density at radius 1 is 1.20 bits per heavy atom. The number of hydrogen-bond donors (Lipinski definition) is 3. The van der Waals surface area contributed by atoms with Crippen LogP contribution in [0.5, 0.6) is 0 Å². The van der Waals surface area contributed by atoms with Crippen LogP contribution in [0.15, 0.2) is 24.3 Å². The van der Waals surface area contributed by atoms with Crippen molar-refractivity contribution >= 4 is 11.6 Å². The zero-order valence-corrected chi connectivity index (χ0v) is 12.7. The summed E-state index contributed by atoms with van der Waals surface area (Å²) in [5.74, 6) is -0.149. The second kappa shape index (κ2) is 7.90. The third-order valence-electron chi connectivity index (χ3n) is 3.63. The molecule has 3 N–H and O–H groups in total. The number of para-hydroxylation sites is 1. The third-order valence-corrected chi connectivity index (χ3v) is 3.63. The molecule has 0 atom stereocenters. The van der Waals surface area contributed by atoms with Crippen molar-refractivity contribution in [1.82, 2.24) is 5.32 Å². The number of anilines is 1. The fourth-order valence-electron chi connectivity index (χ4n) is 1.93. The van der Waals surface area contributed by atoms with E-state index < -0.39 is 5.60 Å². The van der Waals surface area contributed by atoms with Crippen LogP contribution in [0.25, 0.3) is 0 Å². The molecule has 0 aliphatic heterocycles. The summed E-state index contributed by atoms with van der Waals surface area (Å²) in [6.45, 7) is 7.04. The highest BCUT2D eigenvalue weighted by molar-refractivity contribution is 5.99. The van der Waals surface area contributed by atoms with Crippen molar-refractivity contribution in [3.05, 3.63) is 29.8 Å². The van der Waals surface area contributed by atoms with E-state index in [2.05, 4.69) is 17.6 Å². The lowest BCUT2D eigenvalue weighted by atomic mass is 9.97. The fraction of sp³-hybridized carbons (Fsp3) is 0.562. The minimum atomic E-state index is -0.818. The van der Waals surface area contributed by atoms with Gasteiger partial charge in [-0.3, -0.25) is 4.79 Å². The van der Waals surface area contributed by atoms with Gasteiger partial charge in [0.1, 0.15) is 0 Å². The van der Waals surface area contributed by atoms with E-state index in [-0.39, 0.29) is 12.5 Å². The Morgan fingerprint density at radius 3 is 2.45 bits per heavy atom. The molecule has 0 spiro atoms. The predicted octanol–water partition coefficient (Wildman–Crippen LogP) is 2.79. The molecule has 1 aromatic rings. The van der Waals surface area contributed by atoms with Crippen molar-refractivity contribution in [2.45, 2.75) is 45.6 Å². The zero-order chi connectivity index (χ0) is 15.0. The van der Waals surface area contributed by atoms with Gasteiger partial charge in [-0.1, -0.05) is 32.9 Å². The molecule has 0 aliphatic carbocycles. The van der Waals surface area contributed by atoms with E-state index in [1.807, 2.05) is 32.0 Å². The van der Waals surface area contributed by atoms with Crippen LogP contribution in [0.3, 0.4) is 0 Å². The maximum atomic E-state index is 12.2. The SMILES string of the molecule is CCCNc1ccccc1C(=O)NCC(O)(CC)CC. The van der Waals surface area contributed by atoms with Crippen LogP contribution < -0.4 is 10.6 Å². The predicted molar refractivity (Wildman–Crippen MR) is 83.1 cm³/mol. The zero-order valence-electron chi connectivity index (χ0n) is 12.7. The number of nitrogens with one attached hydrogen (secondary N) is 2.